The molecule has 14 heavy (non-hydrogen) atoms. The fourth-order valence-electron chi connectivity index (χ4n) is 1.36. The Balaban J connectivity index is 3.10. The maximum absolute atomic E-state index is 9.41. The number of aliphatic hydroxyl groups is 1. The van der Waals surface area contributed by atoms with Gasteiger partial charge in [0.15, 0.2) is 0 Å². The van der Waals surface area contributed by atoms with E-state index in [4.69, 9.17) is 10.00 Å². The van der Waals surface area contributed by atoms with E-state index in [9.17, 15) is 5.11 Å². The molecule has 0 saturated heterocycles. The third kappa shape index (κ3) is 2.04. The number of benzene rings is 1. The summed E-state index contributed by atoms with van der Waals surface area (Å²) in [4.78, 5) is 0. The molecule has 0 saturated carbocycles. The third-order valence-corrected chi connectivity index (χ3v) is 2.10. The number of hydrogen-bond acceptors (Lipinski definition) is 3. The molecule has 0 aromatic heterocycles. The van der Waals surface area contributed by atoms with E-state index in [2.05, 4.69) is 6.07 Å². The molecule has 2 unspecified atom stereocenters. The normalized spacial score (nSPS) is 14.1. The van der Waals surface area contributed by atoms with E-state index in [0.717, 1.165) is 5.56 Å². The molecule has 0 aliphatic carbocycles. The summed E-state index contributed by atoms with van der Waals surface area (Å²) in [5, 5.41) is 18.3. The van der Waals surface area contributed by atoms with Crippen LogP contribution in [0.15, 0.2) is 24.3 Å². The number of aliphatic hydroxyl groups excluding tert-OH is 1. The minimum atomic E-state index is -0.698. The quantitative estimate of drug-likeness (QED) is 0.790. The van der Waals surface area contributed by atoms with Crippen molar-refractivity contribution < 1.29 is 9.84 Å². The van der Waals surface area contributed by atoms with E-state index < -0.39 is 12.0 Å². The van der Waals surface area contributed by atoms with Gasteiger partial charge in [0.2, 0.25) is 0 Å². The maximum Gasteiger partial charge on any atom is 0.123 e. The molecule has 0 radical (unpaired) electrons. The standard InChI is InChI=1S/C11H13NO2/c1-8(13)10(7-12)9-5-3-4-6-11(9)14-2/h3-6,8,10,13H,1-2H3. The number of ether oxygens (including phenoxy) is 1. The van der Waals surface area contributed by atoms with Crippen molar-refractivity contribution in [2.75, 3.05) is 7.11 Å². The molecular formula is C11H13NO2. The molecule has 3 nitrogen and oxygen atoms in total. The van der Waals surface area contributed by atoms with Gasteiger partial charge in [-0.2, -0.15) is 5.26 Å². The van der Waals surface area contributed by atoms with Crippen molar-refractivity contribution in [2.24, 2.45) is 0 Å². The van der Waals surface area contributed by atoms with Crippen molar-refractivity contribution >= 4 is 0 Å². The average Bonchev–Trinajstić information content (AvgIpc) is 2.19. The maximum atomic E-state index is 9.41. The largest absolute Gasteiger partial charge is 0.496 e. The van der Waals surface area contributed by atoms with Gasteiger partial charge in [0.25, 0.3) is 0 Å². The van der Waals surface area contributed by atoms with Crippen LogP contribution >= 0.6 is 0 Å². The Labute approximate surface area is 83.6 Å². The highest BCUT2D eigenvalue weighted by molar-refractivity contribution is 5.39. The van der Waals surface area contributed by atoms with Crippen molar-refractivity contribution in [3.8, 4) is 11.8 Å². The highest BCUT2D eigenvalue weighted by Gasteiger charge is 2.19. The average molecular weight is 191 g/mol. The number of methoxy groups -OCH3 is 1. The van der Waals surface area contributed by atoms with Gasteiger partial charge in [-0.3, -0.25) is 0 Å². The molecular weight excluding hydrogens is 178 g/mol. The van der Waals surface area contributed by atoms with E-state index in [1.165, 1.54) is 0 Å². The summed E-state index contributed by atoms with van der Waals surface area (Å²) in [5.41, 5.74) is 0.729. The van der Waals surface area contributed by atoms with Crippen LogP contribution in [0.3, 0.4) is 0 Å². The smallest absolute Gasteiger partial charge is 0.123 e. The SMILES string of the molecule is COc1ccccc1C(C#N)C(C)O. The van der Waals surface area contributed by atoms with Crippen LogP contribution in [0.1, 0.15) is 18.4 Å². The summed E-state index contributed by atoms with van der Waals surface area (Å²) >= 11 is 0. The number of hydrogen-bond donors (Lipinski definition) is 1. The van der Waals surface area contributed by atoms with E-state index in [1.807, 2.05) is 12.1 Å². The van der Waals surface area contributed by atoms with Crippen molar-refractivity contribution in [3.05, 3.63) is 29.8 Å². The van der Waals surface area contributed by atoms with Crippen molar-refractivity contribution in [1.82, 2.24) is 0 Å². The van der Waals surface area contributed by atoms with Gasteiger partial charge in [0, 0.05) is 5.56 Å². The Kier molecular flexibility index (Phi) is 3.49. The van der Waals surface area contributed by atoms with Gasteiger partial charge in [-0.1, -0.05) is 18.2 Å². The van der Waals surface area contributed by atoms with Crippen molar-refractivity contribution in [3.63, 3.8) is 0 Å². The molecule has 3 heteroatoms. The van der Waals surface area contributed by atoms with E-state index >= 15 is 0 Å². The summed E-state index contributed by atoms with van der Waals surface area (Å²) < 4.78 is 5.12. The number of rotatable bonds is 3. The third-order valence-electron chi connectivity index (χ3n) is 2.10. The highest BCUT2D eigenvalue weighted by Crippen LogP contribution is 2.28. The van der Waals surface area contributed by atoms with Gasteiger partial charge in [-0.15, -0.1) is 0 Å². The lowest BCUT2D eigenvalue weighted by atomic mass is 9.95. The van der Waals surface area contributed by atoms with Crippen LogP contribution in [0.4, 0.5) is 0 Å². The summed E-state index contributed by atoms with van der Waals surface area (Å²) in [5.74, 6) is 0.103. The zero-order valence-electron chi connectivity index (χ0n) is 8.27. The van der Waals surface area contributed by atoms with Crippen molar-refractivity contribution in [2.45, 2.75) is 18.9 Å². The van der Waals surface area contributed by atoms with Gasteiger partial charge in [0.1, 0.15) is 11.7 Å². The first kappa shape index (κ1) is 10.6. The fraction of sp³-hybridized carbons (Fsp3) is 0.364. The van der Waals surface area contributed by atoms with Crippen LogP contribution in [-0.2, 0) is 0 Å². The Morgan fingerprint density at radius 1 is 1.43 bits per heavy atom. The molecule has 1 rings (SSSR count). The molecule has 1 aromatic carbocycles. The lowest BCUT2D eigenvalue weighted by molar-refractivity contribution is 0.180. The molecule has 1 aromatic rings. The molecule has 2 atom stereocenters. The zero-order valence-corrected chi connectivity index (χ0v) is 8.27. The van der Waals surface area contributed by atoms with Gasteiger partial charge >= 0.3 is 0 Å². The molecule has 1 N–H and O–H groups in total. The molecule has 0 fully saturated rings. The van der Waals surface area contributed by atoms with Crippen LogP contribution in [0.5, 0.6) is 5.75 Å². The van der Waals surface area contributed by atoms with Crippen LogP contribution in [0.25, 0.3) is 0 Å². The minimum Gasteiger partial charge on any atom is -0.496 e. The van der Waals surface area contributed by atoms with E-state index in [1.54, 1.807) is 26.2 Å². The van der Waals surface area contributed by atoms with Gasteiger partial charge in [-0.05, 0) is 13.0 Å². The fourth-order valence-corrected chi connectivity index (χ4v) is 1.36. The van der Waals surface area contributed by atoms with Crippen molar-refractivity contribution in [1.29, 1.82) is 5.26 Å². The second kappa shape index (κ2) is 4.64. The first-order valence-electron chi connectivity index (χ1n) is 4.41. The lowest BCUT2D eigenvalue weighted by Gasteiger charge is -2.15. The Hall–Kier alpha value is -1.53. The molecule has 74 valence electrons. The van der Waals surface area contributed by atoms with Crippen LogP contribution in [-0.4, -0.2) is 18.3 Å². The topological polar surface area (TPSA) is 53.2 Å². The summed E-state index contributed by atoms with van der Waals surface area (Å²) in [6, 6.07) is 9.29. The predicted molar refractivity (Wildman–Crippen MR) is 53.0 cm³/mol. The minimum absolute atomic E-state index is 0.536. The summed E-state index contributed by atoms with van der Waals surface area (Å²) in [6.07, 6.45) is -0.698. The Bertz CT molecular complexity index is 341. The molecule has 0 heterocycles. The van der Waals surface area contributed by atoms with Crippen LogP contribution in [0, 0.1) is 11.3 Å². The Morgan fingerprint density at radius 3 is 2.57 bits per heavy atom. The second-order valence-corrected chi connectivity index (χ2v) is 3.09. The monoisotopic (exact) mass is 191 g/mol. The lowest BCUT2D eigenvalue weighted by Crippen LogP contribution is -2.13. The Morgan fingerprint density at radius 2 is 2.07 bits per heavy atom. The molecule has 0 aliphatic rings. The van der Waals surface area contributed by atoms with E-state index in [-0.39, 0.29) is 0 Å². The zero-order chi connectivity index (χ0) is 10.6. The van der Waals surface area contributed by atoms with Gasteiger partial charge < -0.3 is 9.84 Å². The number of para-hydroxylation sites is 1. The molecule has 0 amide bonds. The van der Waals surface area contributed by atoms with Crippen LogP contribution in [0.2, 0.25) is 0 Å². The molecule has 0 aliphatic heterocycles. The number of nitrogens with zero attached hydrogens (tertiary/aromatic N) is 1. The van der Waals surface area contributed by atoms with Crippen LogP contribution < -0.4 is 4.74 Å². The first-order chi connectivity index (χ1) is 6.70. The van der Waals surface area contributed by atoms with Gasteiger partial charge in [-0.25, -0.2) is 0 Å². The predicted octanol–water partition coefficient (Wildman–Crippen LogP) is 1.68. The molecule has 0 spiro atoms. The highest BCUT2D eigenvalue weighted by atomic mass is 16.5. The number of nitriles is 1. The second-order valence-electron chi connectivity index (χ2n) is 3.09. The van der Waals surface area contributed by atoms with E-state index in [0.29, 0.717) is 5.75 Å². The summed E-state index contributed by atoms with van der Waals surface area (Å²) in [7, 11) is 1.55. The van der Waals surface area contributed by atoms with Gasteiger partial charge in [0.05, 0.1) is 19.3 Å². The summed E-state index contributed by atoms with van der Waals surface area (Å²) in [6.45, 7) is 1.60. The molecule has 0 bridgehead atoms. The first-order valence-corrected chi connectivity index (χ1v) is 4.41.